The minimum absolute atomic E-state index is 0.0407. The molecular weight excluding hydrogens is 384 g/mol. The molecule has 2 aliphatic rings. The molecule has 0 atom stereocenters. The van der Waals surface area contributed by atoms with E-state index in [0.29, 0.717) is 13.2 Å². The Labute approximate surface area is 176 Å². The molecule has 2 heterocycles. The van der Waals surface area contributed by atoms with Gasteiger partial charge in [0.2, 0.25) is 5.91 Å². The molecule has 0 bridgehead atoms. The number of nitrogens with one attached hydrogen (secondary N) is 1. The molecule has 1 aromatic heterocycles. The number of piperazine rings is 1. The Kier molecular flexibility index (Phi) is 6.18. The van der Waals surface area contributed by atoms with Gasteiger partial charge in [-0.3, -0.25) is 24.0 Å². The number of carbonyl (C=O) groups is 1. The van der Waals surface area contributed by atoms with E-state index in [-0.39, 0.29) is 10.8 Å². The average molecular weight is 415 g/mol. The Balaban J connectivity index is 1.29. The van der Waals surface area contributed by atoms with Crippen molar-refractivity contribution in [1.82, 2.24) is 14.4 Å². The maximum absolute atomic E-state index is 12.5. The molecule has 6 nitrogen and oxygen atoms in total. The average Bonchev–Trinajstić information content (AvgIpc) is 3.02. The highest BCUT2D eigenvalue weighted by Gasteiger charge is 2.23. The molecule has 4 rings (SSSR count). The van der Waals surface area contributed by atoms with E-state index in [1.165, 1.54) is 34.7 Å². The lowest BCUT2D eigenvalue weighted by atomic mass is 10.0. The highest BCUT2D eigenvalue weighted by atomic mass is 32.1. The van der Waals surface area contributed by atoms with E-state index in [9.17, 15) is 9.59 Å². The van der Waals surface area contributed by atoms with Gasteiger partial charge in [0, 0.05) is 42.4 Å². The molecule has 1 N–H and O–H groups in total. The van der Waals surface area contributed by atoms with Crippen LogP contribution in [0.4, 0.5) is 5.69 Å². The Morgan fingerprint density at radius 3 is 2.41 bits per heavy atom. The number of aryl methyl sites for hydroxylation is 3. The number of carbonyl (C=O) groups excluding carboxylic acids is 1. The maximum atomic E-state index is 12.5. The number of benzene rings is 1. The molecule has 1 aromatic carbocycles. The van der Waals surface area contributed by atoms with Gasteiger partial charge in [0.25, 0.3) is 0 Å². The Hall–Kier alpha value is -1.96. The molecule has 2 aromatic rings. The fourth-order valence-corrected chi connectivity index (χ4v) is 5.42. The van der Waals surface area contributed by atoms with Crippen LogP contribution >= 0.6 is 11.3 Å². The van der Waals surface area contributed by atoms with Crippen molar-refractivity contribution in [1.29, 1.82) is 0 Å². The van der Waals surface area contributed by atoms with Gasteiger partial charge in [-0.2, -0.15) is 0 Å². The van der Waals surface area contributed by atoms with Crippen molar-refractivity contribution in [2.45, 2.75) is 46.2 Å². The molecule has 0 spiro atoms. The second-order valence-corrected chi connectivity index (χ2v) is 9.27. The molecule has 29 heavy (non-hydrogen) atoms. The number of amides is 1. The van der Waals surface area contributed by atoms with Gasteiger partial charge in [-0.05, 0) is 50.7 Å². The van der Waals surface area contributed by atoms with Gasteiger partial charge in [-0.15, -0.1) is 0 Å². The van der Waals surface area contributed by atoms with Crippen LogP contribution in [0, 0.1) is 13.8 Å². The number of thiazole rings is 1. The first-order chi connectivity index (χ1) is 14.0. The number of para-hydroxylation sites is 1. The minimum atomic E-state index is 0.0407. The highest BCUT2D eigenvalue weighted by molar-refractivity contribution is 7.09. The monoisotopic (exact) mass is 414 g/mol. The summed E-state index contributed by atoms with van der Waals surface area (Å²) in [5.41, 5.74) is 4.37. The van der Waals surface area contributed by atoms with Crippen LogP contribution < -0.4 is 10.2 Å². The van der Waals surface area contributed by atoms with Crippen LogP contribution in [0.3, 0.4) is 0 Å². The van der Waals surface area contributed by atoms with Gasteiger partial charge in [0.1, 0.15) is 0 Å². The first kappa shape index (κ1) is 20.3. The van der Waals surface area contributed by atoms with Crippen molar-refractivity contribution in [3.63, 3.8) is 0 Å². The minimum Gasteiger partial charge on any atom is -0.324 e. The van der Waals surface area contributed by atoms with Crippen LogP contribution in [0.5, 0.6) is 0 Å². The Morgan fingerprint density at radius 1 is 1.03 bits per heavy atom. The molecule has 7 heteroatoms. The molecule has 0 unspecified atom stereocenters. The summed E-state index contributed by atoms with van der Waals surface area (Å²) in [4.78, 5) is 30.9. The Morgan fingerprint density at radius 2 is 1.69 bits per heavy atom. The van der Waals surface area contributed by atoms with E-state index in [1.54, 1.807) is 0 Å². The van der Waals surface area contributed by atoms with E-state index >= 15 is 0 Å². The molecular formula is C22H30N4O2S. The summed E-state index contributed by atoms with van der Waals surface area (Å²) in [6.07, 6.45) is 4.49. The maximum Gasteiger partial charge on any atom is 0.308 e. The van der Waals surface area contributed by atoms with Crippen LogP contribution in [0.2, 0.25) is 0 Å². The van der Waals surface area contributed by atoms with Crippen molar-refractivity contribution in [3.8, 4) is 0 Å². The van der Waals surface area contributed by atoms with Gasteiger partial charge >= 0.3 is 4.87 Å². The van der Waals surface area contributed by atoms with Crippen LogP contribution in [0.15, 0.2) is 23.0 Å². The van der Waals surface area contributed by atoms with Crippen molar-refractivity contribution >= 4 is 22.9 Å². The number of nitrogens with zero attached hydrogens (tertiary/aromatic N) is 3. The molecule has 1 fully saturated rings. The lowest BCUT2D eigenvalue weighted by molar-refractivity contribution is -0.117. The number of hydrogen-bond acceptors (Lipinski definition) is 5. The van der Waals surface area contributed by atoms with Crippen LogP contribution in [0.1, 0.15) is 34.5 Å². The molecule has 1 aliphatic carbocycles. The topological polar surface area (TPSA) is 57.6 Å². The predicted molar refractivity (Wildman–Crippen MR) is 118 cm³/mol. The first-order valence-corrected chi connectivity index (χ1v) is 11.3. The number of rotatable bonds is 5. The van der Waals surface area contributed by atoms with Crippen molar-refractivity contribution in [2.24, 2.45) is 0 Å². The zero-order valence-corrected chi connectivity index (χ0v) is 18.2. The van der Waals surface area contributed by atoms with Gasteiger partial charge in [-0.25, -0.2) is 0 Å². The smallest absolute Gasteiger partial charge is 0.308 e. The van der Waals surface area contributed by atoms with E-state index in [2.05, 4.69) is 15.1 Å². The third-order valence-corrected chi connectivity index (χ3v) is 7.15. The zero-order valence-electron chi connectivity index (χ0n) is 17.4. The summed E-state index contributed by atoms with van der Waals surface area (Å²) in [7, 11) is 0. The summed E-state index contributed by atoms with van der Waals surface area (Å²) in [6, 6.07) is 6.05. The fourth-order valence-electron chi connectivity index (χ4n) is 4.35. The van der Waals surface area contributed by atoms with Crippen LogP contribution in [-0.4, -0.2) is 53.0 Å². The zero-order chi connectivity index (χ0) is 20.4. The molecule has 0 radical (unpaired) electrons. The van der Waals surface area contributed by atoms with Gasteiger partial charge in [-0.1, -0.05) is 29.5 Å². The van der Waals surface area contributed by atoms with E-state index in [1.807, 2.05) is 36.6 Å². The summed E-state index contributed by atoms with van der Waals surface area (Å²) < 4.78 is 1.99. The first-order valence-electron chi connectivity index (χ1n) is 10.5. The molecule has 156 valence electrons. The van der Waals surface area contributed by atoms with Crippen molar-refractivity contribution in [3.05, 3.63) is 49.6 Å². The lowest BCUT2D eigenvalue weighted by Crippen LogP contribution is -2.49. The third-order valence-electron chi connectivity index (χ3n) is 6.07. The third kappa shape index (κ3) is 4.63. The fraction of sp³-hybridized carbons (Fsp3) is 0.545. The summed E-state index contributed by atoms with van der Waals surface area (Å²) in [5.74, 6) is 0.0407. The summed E-state index contributed by atoms with van der Waals surface area (Å²) in [6.45, 7) is 8.60. The van der Waals surface area contributed by atoms with Crippen LogP contribution in [-0.2, 0) is 24.3 Å². The second-order valence-electron chi connectivity index (χ2n) is 8.22. The van der Waals surface area contributed by atoms with Gasteiger partial charge in [0.05, 0.1) is 13.2 Å². The molecule has 1 saturated heterocycles. The standard InChI is InChI=1S/C22H30N4O2S/c1-16-6-5-7-17(2)21(16)23-20(27)14-24-10-12-25(13-11-24)15-26-18-8-3-4-9-19(18)29-22(26)28/h5-7H,3-4,8-15H2,1-2H3,(H,23,27). The largest absolute Gasteiger partial charge is 0.324 e. The van der Waals surface area contributed by atoms with Gasteiger partial charge < -0.3 is 5.32 Å². The number of aromatic nitrogens is 1. The predicted octanol–water partition coefficient (Wildman–Crippen LogP) is 2.62. The quantitative estimate of drug-likeness (QED) is 0.817. The van der Waals surface area contributed by atoms with E-state index < -0.39 is 0 Å². The van der Waals surface area contributed by atoms with Gasteiger partial charge in [0.15, 0.2) is 0 Å². The molecule has 0 saturated carbocycles. The molecule has 1 amide bonds. The SMILES string of the molecule is Cc1cccc(C)c1NC(=O)CN1CCN(Cn2c3c(sc2=O)CCCC3)CC1. The Bertz CT molecular complexity index is 921. The summed E-state index contributed by atoms with van der Waals surface area (Å²) in [5, 5.41) is 3.08. The highest BCUT2D eigenvalue weighted by Crippen LogP contribution is 2.24. The lowest BCUT2D eigenvalue weighted by Gasteiger charge is -2.34. The van der Waals surface area contributed by atoms with Crippen molar-refractivity contribution < 1.29 is 4.79 Å². The number of fused-ring (bicyclic) bond motifs is 1. The van der Waals surface area contributed by atoms with Crippen LogP contribution in [0.25, 0.3) is 0 Å². The number of anilines is 1. The normalized spacial score (nSPS) is 17.9. The second kappa shape index (κ2) is 8.81. The van der Waals surface area contributed by atoms with Crippen molar-refractivity contribution in [2.75, 3.05) is 38.0 Å². The number of hydrogen-bond donors (Lipinski definition) is 1. The van der Waals surface area contributed by atoms with E-state index in [0.717, 1.165) is 55.8 Å². The molecule has 1 aliphatic heterocycles. The van der Waals surface area contributed by atoms with E-state index in [4.69, 9.17) is 0 Å². The summed E-state index contributed by atoms with van der Waals surface area (Å²) >= 11 is 1.43.